The molecular weight excluding hydrogens is 494 g/mol. The standard InChI is InChI=1S/C25H27N7O4S/c1-16-4-10-20(11-5-16)37(35,36)29-13-17-6-8-18(9-7-17)22-21-23(26)27-15-28-24(21)32(30-22)19-3-2-12-31(14-19)25(33)34/h4-11,15,19,29H,2-3,12-14H2,1H3,(H,33,34)(H2,26,27,28)/t19-/m1/s1. The van der Waals surface area contributed by atoms with E-state index in [0.717, 1.165) is 29.5 Å². The van der Waals surface area contributed by atoms with Crippen LogP contribution in [0.15, 0.2) is 59.8 Å². The maximum absolute atomic E-state index is 12.6. The maximum Gasteiger partial charge on any atom is 0.407 e. The van der Waals surface area contributed by atoms with Gasteiger partial charge in [-0.25, -0.2) is 32.6 Å². The van der Waals surface area contributed by atoms with Crippen molar-refractivity contribution >= 4 is 33.0 Å². The number of nitrogens with zero attached hydrogens (tertiary/aromatic N) is 5. The molecule has 4 aromatic rings. The lowest BCUT2D eigenvalue weighted by Gasteiger charge is -2.30. The van der Waals surface area contributed by atoms with E-state index in [0.29, 0.717) is 29.8 Å². The molecule has 2 aromatic carbocycles. The van der Waals surface area contributed by atoms with Crippen LogP contribution in [0.4, 0.5) is 10.6 Å². The summed E-state index contributed by atoms with van der Waals surface area (Å²) in [4.78, 5) is 21.7. The monoisotopic (exact) mass is 521 g/mol. The SMILES string of the molecule is Cc1ccc(S(=O)(=O)NCc2ccc(-c3nn([C@@H]4CCCN(C(=O)O)C4)c4ncnc(N)c34)cc2)cc1. The van der Waals surface area contributed by atoms with Crippen molar-refractivity contribution in [2.45, 2.75) is 37.2 Å². The number of nitrogens with one attached hydrogen (secondary N) is 1. The van der Waals surface area contributed by atoms with Gasteiger partial charge < -0.3 is 15.7 Å². The summed E-state index contributed by atoms with van der Waals surface area (Å²) in [6, 6.07) is 13.8. The Balaban J connectivity index is 1.41. The Morgan fingerprint density at radius 1 is 1.14 bits per heavy atom. The third kappa shape index (κ3) is 4.98. The quantitative estimate of drug-likeness (QED) is 0.349. The molecule has 11 nitrogen and oxygen atoms in total. The highest BCUT2D eigenvalue weighted by molar-refractivity contribution is 7.89. The Bertz CT molecular complexity index is 1550. The van der Waals surface area contributed by atoms with Gasteiger partial charge in [0.15, 0.2) is 5.65 Å². The van der Waals surface area contributed by atoms with Crippen molar-refractivity contribution in [2.75, 3.05) is 18.8 Å². The number of carboxylic acid groups (broad SMARTS) is 1. The summed E-state index contributed by atoms with van der Waals surface area (Å²) in [5.41, 5.74) is 9.88. The first kappa shape index (κ1) is 24.7. The molecule has 0 aliphatic carbocycles. The lowest BCUT2D eigenvalue weighted by atomic mass is 10.1. The summed E-state index contributed by atoms with van der Waals surface area (Å²) < 4.78 is 29.6. The van der Waals surface area contributed by atoms with Crippen molar-refractivity contribution in [3.05, 3.63) is 66.0 Å². The van der Waals surface area contributed by atoms with E-state index < -0.39 is 16.1 Å². The van der Waals surface area contributed by atoms with Crippen LogP contribution in [0.25, 0.3) is 22.3 Å². The Labute approximate surface area is 214 Å². The van der Waals surface area contributed by atoms with Gasteiger partial charge in [-0.3, -0.25) is 0 Å². The molecule has 0 radical (unpaired) electrons. The predicted octanol–water partition coefficient (Wildman–Crippen LogP) is 3.18. The summed E-state index contributed by atoms with van der Waals surface area (Å²) in [5, 5.41) is 14.8. The Hall–Kier alpha value is -4.03. The molecule has 5 rings (SSSR count). The molecule has 1 aliphatic rings. The summed E-state index contributed by atoms with van der Waals surface area (Å²) in [6.07, 6.45) is 1.91. The van der Waals surface area contributed by atoms with Crippen LogP contribution >= 0.6 is 0 Å². The molecule has 1 atom stereocenters. The van der Waals surface area contributed by atoms with Crippen molar-refractivity contribution < 1.29 is 18.3 Å². The fourth-order valence-electron chi connectivity index (χ4n) is 4.54. The van der Waals surface area contributed by atoms with Crippen LogP contribution in [0.2, 0.25) is 0 Å². The van der Waals surface area contributed by atoms with Gasteiger partial charge in [0.25, 0.3) is 0 Å². The second kappa shape index (κ2) is 9.79. The average molecular weight is 522 g/mol. The van der Waals surface area contributed by atoms with Gasteiger partial charge in [0, 0.05) is 25.2 Å². The van der Waals surface area contributed by atoms with Gasteiger partial charge in [0.1, 0.15) is 17.8 Å². The minimum atomic E-state index is -3.64. The molecule has 1 aliphatic heterocycles. The second-order valence-corrected chi connectivity index (χ2v) is 10.9. The maximum atomic E-state index is 12.6. The molecule has 4 N–H and O–H groups in total. The number of aromatic nitrogens is 4. The van der Waals surface area contributed by atoms with Gasteiger partial charge in [-0.05, 0) is 37.5 Å². The number of nitrogen functional groups attached to an aromatic ring is 1. The van der Waals surface area contributed by atoms with Gasteiger partial charge in [0.2, 0.25) is 10.0 Å². The van der Waals surface area contributed by atoms with E-state index >= 15 is 0 Å². The highest BCUT2D eigenvalue weighted by atomic mass is 32.2. The molecule has 3 heterocycles. The number of piperidine rings is 1. The zero-order valence-electron chi connectivity index (χ0n) is 20.2. The van der Waals surface area contributed by atoms with Crippen molar-refractivity contribution in [3.63, 3.8) is 0 Å². The molecular formula is C25H27N7O4S. The number of anilines is 1. The lowest BCUT2D eigenvalue weighted by Crippen LogP contribution is -2.40. The molecule has 12 heteroatoms. The number of amides is 1. The molecule has 192 valence electrons. The number of carbonyl (C=O) groups is 1. The Morgan fingerprint density at radius 2 is 1.86 bits per heavy atom. The van der Waals surface area contributed by atoms with E-state index in [1.165, 1.54) is 11.2 Å². The summed E-state index contributed by atoms with van der Waals surface area (Å²) in [7, 11) is -3.64. The summed E-state index contributed by atoms with van der Waals surface area (Å²) in [5.74, 6) is 0.284. The van der Waals surface area contributed by atoms with Crippen molar-refractivity contribution in [1.82, 2.24) is 29.4 Å². The van der Waals surface area contributed by atoms with E-state index in [9.17, 15) is 18.3 Å². The summed E-state index contributed by atoms with van der Waals surface area (Å²) in [6.45, 7) is 2.83. The first-order valence-corrected chi connectivity index (χ1v) is 13.3. The van der Waals surface area contributed by atoms with Crippen molar-refractivity contribution in [1.29, 1.82) is 0 Å². The molecule has 1 amide bonds. The molecule has 2 aromatic heterocycles. The smallest absolute Gasteiger partial charge is 0.407 e. The molecule has 0 bridgehead atoms. The van der Waals surface area contributed by atoms with Gasteiger partial charge in [-0.1, -0.05) is 42.0 Å². The minimum Gasteiger partial charge on any atom is -0.465 e. The largest absolute Gasteiger partial charge is 0.465 e. The normalized spacial score (nSPS) is 16.2. The van der Waals surface area contributed by atoms with Crippen LogP contribution in [0, 0.1) is 6.92 Å². The fourth-order valence-corrected chi connectivity index (χ4v) is 5.56. The molecule has 0 unspecified atom stereocenters. The van der Waals surface area contributed by atoms with E-state index in [-0.39, 0.29) is 23.3 Å². The van der Waals surface area contributed by atoms with Crippen molar-refractivity contribution in [3.8, 4) is 11.3 Å². The molecule has 37 heavy (non-hydrogen) atoms. The zero-order valence-corrected chi connectivity index (χ0v) is 21.0. The van der Waals surface area contributed by atoms with Crippen LogP contribution in [-0.4, -0.2) is 57.4 Å². The van der Waals surface area contributed by atoms with E-state index in [2.05, 4.69) is 14.7 Å². The first-order valence-electron chi connectivity index (χ1n) is 11.8. The van der Waals surface area contributed by atoms with Crippen LogP contribution in [0.1, 0.15) is 30.0 Å². The van der Waals surface area contributed by atoms with E-state index in [1.807, 2.05) is 31.2 Å². The number of sulfonamides is 1. The van der Waals surface area contributed by atoms with E-state index in [1.54, 1.807) is 28.9 Å². The minimum absolute atomic E-state index is 0.129. The van der Waals surface area contributed by atoms with Gasteiger partial charge in [-0.15, -0.1) is 0 Å². The lowest BCUT2D eigenvalue weighted by molar-refractivity contribution is 0.120. The van der Waals surface area contributed by atoms with E-state index in [4.69, 9.17) is 10.8 Å². The summed E-state index contributed by atoms with van der Waals surface area (Å²) >= 11 is 0. The van der Waals surface area contributed by atoms with Gasteiger partial charge in [0.05, 0.1) is 16.3 Å². The molecule has 1 fully saturated rings. The Kier molecular flexibility index (Phi) is 6.52. The van der Waals surface area contributed by atoms with Gasteiger partial charge >= 0.3 is 6.09 Å². The average Bonchev–Trinajstić information content (AvgIpc) is 3.29. The molecule has 0 saturated carbocycles. The topological polar surface area (TPSA) is 156 Å². The predicted molar refractivity (Wildman–Crippen MR) is 138 cm³/mol. The number of rotatable bonds is 6. The number of fused-ring (bicyclic) bond motifs is 1. The number of aryl methyl sites for hydroxylation is 1. The van der Waals surface area contributed by atoms with Crippen LogP contribution < -0.4 is 10.5 Å². The van der Waals surface area contributed by atoms with Crippen LogP contribution in [0.5, 0.6) is 0 Å². The van der Waals surface area contributed by atoms with Crippen LogP contribution in [0.3, 0.4) is 0 Å². The van der Waals surface area contributed by atoms with Crippen molar-refractivity contribution in [2.24, 2.45) is 0 Å². The zero-order chi connectivity index (χ0) is 26.2. The third-order valence-corrected chi connectivity index (χ3v) is 7.97. The number of likely N-dealkylation sites (tertiary alicyclic amines) is 1. The number of hydrogen-bond acceptors (Lipinski definition) is 7. The number of nitrogens with two attached hydrogens (primary N) is 1. The second-order valence-electron chi connectivity index (χ2n) is 9.11. The molecule has 0 spiro atoms. The molecule has 1 saturated heterocycles. The Morgan fingerprint density at radius 3 is 2.57 bits per heavy atom. The number of benzene rings is 2. The van der Waals surface area contributed by atoms with Crippen LogP contribution in [-0.2, 0) is 16.6 Å². The highest BCUT2D eigenvalue weighted by Crippen LogP contribution is 2.33. The fraction of sp³-hybridized carbons (Fsp3) is 0.280. The first-order chi connectivity index (χ1) is 17.7. The third-order valence-electron chi connectivity index (χ3n) is 6.56. The highest BCUT2D eigenvalue weighted by Gasteiger charge is 2.28. The van der Waals surface area contributed by atoms with Gasteiger partial charge in [-0.2, -0.15) is 5.10 Å². The number of hydrogen-bond donors (Lipinski definition) is 3.